The Kier molecular flexibility index (Phi) is 3.06. The molecule has 0 radical (unpaired) electrons. The smallest absolute Gasteiger partial charge is 0.268 e. The molecule has 0 aliphatic carbocycles. The molecule has 0 bridgehead atoms. The molecule has 1 aliphatic rings. The second kappa shape index (κ2) is 3.76. The lowest BCUT2D eigenvalue weighted by atomic mass is 9.83. The normalized spacial score (nSPS) is 18.1. The summed E-state index contributed by atoms with van der Waals surface area (Å²) in [4.78, 5) is 33.7. The molecule has 0 saturated carbocycles. The van der Waals surface area contributed by atoms with Gasteiger partial charge in [0, 0.05) is 4.75 Å². The topological polar surface area (TPSA) is 66.5 Å². The molecule has 16 heavy (non-hydrogen) atoms. The van der Waals surface area contributed by atoms with Crippen LogP contribution in [-0.2, 0) is 9.59 Å². The Bertz CT molecular complexity index is 358. The van der Waals surface area contributed by atoms with Crippen molar-refractivity contribution >= 4 is 29.8 Å². The van der Waals surface area contributed by atoms with Gasteiger partial charge in [-0.3, -0.25) is 14.9 Å². The first-order valence-electron chi connectivity index (χ1n) is 4.95. The molecule has 0 aromatic carbocycles. The van der Waals surface area contributed by atoms with Gasteiger partial charge in [0.15, 0.2) is 0 Å². The van der Waals surface area contributed by atoms with Gasteiger partial charge in [0.25, 0.3) is 0 Å². The number of hydrogen-bond donors (Lipinski definition) is 1. The summed E-state index contributed by atoms with van der Waals surface area (Å²) in [6.45, 7) is 9.91. The summed E-state index contributed by atoms with van der Waals surface area (Å²) in [5.41, 5.74) is -0.107. The highest BCUT2D eigenvalue weighted by molar-refractivity contribution is 7.99. The van der Waals surface area contributed by atoms with Crippen LogP contribution in [0.2, 0.25) is 0 Å². The minimum absolute atomic E-state index is 0.107. The Morgan fingerprint density at radius 3 is 1.88 bits per heavy atom. The summed E-state index contributed by atoms with van der Waals surface area (Å²) in [5, 5.41) is 1.97. The van der Waals surface area contributed by atoms with Gasteiger partial charge in [-0.15, -0.1) is 0 Å². The molecule has 90 valence electrons. The highest BCUT2D eigenvalue weighted by Gasteiger charge is 2.44. The van der Waals surface area contributed by atoms with Crippen molar-refractivity contribution in [1.82, 2.24) is 9.62 Å². The summed E-state index contributed by atoms with van der Waals surface area (Å²) >= 11 is 1.09. The Hall–Kier alpha value is -1.04. The first-order valence-corrected chi connectivity index (χ1v) is 5.72. The van der Waals surface area contributed by atoms with Crippen LogP contribution in [0, 0.1) is 5.41 Å². The molecule has 0 spiro atoms. The molecule has 0 aromatic rings. The first-order chi connectivity index (χ1) is 7.06. The molecule has 1 fully saturated rings. The average molecular weight is 244 g/mol. The van der Waals surface area contributed by atoms with E-state index in [9.17, 15) is 14.4 Å². The molecule has 1 saturated heterocycles. The molecular formula is C10H16N2O3S. The number of hydrogen-bond acceptors (Lipinski definition) is 4. The summed E-state index contributed by atoms with van der Waals surface area (Å²) in [6.07, 6.45) is 0. The maximum atomic E-state index is 11.4. The Morgan fingerprint density at radius 1 is 1.06 bits per heavy atom. The van der Waals surface area contributed by atoms with Crippen molar-refractivity contribution in [3.8, 4) is 0 Å². The van der Waals surface area contributed by atoms with E-state index in [4.69, 9.17) is 0 Å². The first kappa shape index (κ1) is 13.0. The minimum atomic E-state index is -0.859. The van der Waals surface area contributed by atoms with Crippen molar-refractivity contribution in [2.75, 3.05) is 0 Å². The van der Waals surface area contributed by atoms with Crippen molar-refractivity contribution in [2.24, 2.45) is 5.41 Å². The largest absolute Gasteiger partial charge is 0.341 e. The van der Waals surface area contributed by atoms with Gasteiger partial charge in [0.2, 0.25) is 0 Å². The van der Waals surface area contributed by atoms with E-state index in [1.54, 1.807) is 0 Å². The van der Waals surface area contributed by atoms with Crippen LogP contribution in [0.1, 0.15) is 34.6 Å². The van der Waals surface area contributed by atoms with Crippen molar-refractivity contribution in [1.29, 1.82) is 0 Å². The lowest BCUT2D eigenvalue weighted by Crippen LogP contribution is -2.39. The summed E-state index contributed by atoms with van der Waals surface area (Å²) in [6, 6.07) is -0.655. The number of urea groups is 1. The van der Waals surface area contributed by atoms with Crippen molar-refractivity contribution in [3.63, 3.8) is 0 Å². The second-order valence-corrected chi connectivity index (χ2v) is 6.78. The quantitative estimate of drug-likeness (QED) is 0.454. The Labute approximate surface area is 99.1 Å². The van der Waals surface area contributed by atoms with Gasteiger partial charge in [-0.05, 0) is 31.2 Å². The predicted octanol–water partition coefficient (Wildman–Crippen LogP) is 1.54. The van der Waals surface area contributed by atoms with Crippen molar-refractivity contribution < 1.29 is 14.4 Å². The van der Waals surface area contributed by atoms with E-state index < -0.39 is 17.8 Å². The molecule has 0 unspecified atom stereocenters. The van der Waals surface area contributed by atoms with Gasteiger partial charge >= 0.3 is 17.8 Å². The SMILES string of the molecule is CC(C)(C)C(C)(C)SN1C(=O)NC(=O)C1=O. The predicted molar refractivity (Wildman–Crippen MR) is 61.5 cm³/mol. The number of nitrogens with zero attached hydrogens (tertiary/aromatic N) is 1. The van der Waals surface area contributed by atoms with Gasteiger partial charge in [-0.1, -0.05) is 20.8 Å². The molecule has 1 heterocycles. The van der Waals surface area contributed by atoms with E-state index in [1.807, 2.05) is 39.9 Å². The fourth-order valence-corrected chi connectivity index (χ4v) is 1.86. The van der Waals surface area contributed by atoms with Crippen LogP contribution < -0.4 is 5.32 Å². The maximum absolute atomic E-state index is 11.4. The molecule has 0 aromatic heterocycles. The van der Waals surface area contributed by atoms with E-state index in [1.165, 1.54) is 0 Å². The lowest BCUT2D eigenvalue weighted by molar-refractivity contribution is -0.138. The van der Waals surface area contributed by atoms with Gasteiger partial charge in [-0.2, -0.15) is 4.31 Å². The van der Waals surface area contributed by atoms with Crippen LogP contribution in [0.15, 0.2) is 0 Å². The zero-order valence-corrected chi connectivity index (χ0v) is 10.9. The molecule has 1 aliphatic heterocycles. The van der Waals surface area contributed by atoms with Gasteiger partial charge in [0.05, 0.1) is 0 Å². The summed E-state index contributed by atoms with van der Waals surface area (Å²) < 4.78 is 0.554. The van der Waals surface area contributed by atoms with Gasteiger partial charge in [0.1, 0.15) is 0 Å². The fourth-order valence-electron chi connectivity index (χ4n) is 0.834. The minimum Gasteiger partial charge on any atom is -0.268 e. The number of nitrogens with one attached hydrogen (secondary N) is 1. The molecule has 1 rings (SSSR count). The van der Waals surface area contributed by atoms with Crippen LogP contribution in [0.3, 0.4) is 0 Å². The molecular weight excluding hydrogens is 228 g/mol. The molecule has 0 atom stereocenters. The van der Waals surface area contributed by atoms with Gasteiger partial charge < -0.3 is 0 Å². The number of imide groups is 2. The van der Waals surface area contributed by atoms with Crippen LogP contribution in [0.25, 0.3) is 0 Å². The average Bonchev–Trinajstić information content (AvgIpc) is 2.30. The third kappa shape index (κ3) is 2.21. The summed E-state index contributed by atoms with van der Waals surface area (Å²) in [5.74, 6) is -1.66. The van der Waals surface area contributed by atoms with Crippen LogP contribution in [0.4, 0.5) is 4.79 Å². The number of carbonyl (C=O) groups is 3. The third-order valence-corrected chi connectivity index (χ3v) is 4.49. The van der Waals surface area contributed by atoms with Crippen LogP contribution in [0.5, 0.6) is 0 Å². The van der Waals surface area contributed by atoms with E-state index >= 15 is 0 Å². The van der Waals surface area contributed by atoms with Gasteiger partial charge in [-0.25, -0.2) is 4.79 Å². The maximum Gasteiger partial charge on any atom is 0.341 e. The van der Waals surface area contributed by atoms with E-state index in [0.29, 0.717) is 0 Å². The summed E-state index contributed by atoms with van der Waals surface area (Å²) in [7, 11) is 0. The van der Waals surface area contributed by atoms with Crippen LogP contribution in [-0.4, -0.2) is 26.9 Å². The number of carbonyl (C=O) groups excluding carboxylic acids is 3. The third-order valence-electron chi connectivity index (χ3n) is 2.91. The second-order valence-electron chi connectivity index (χ2n) is 5.21. The molecule has 4 amide bonds. The fraction of sp³-hybridized carbons (Fsp3) is 0.700. The Morgan fingerprint density at radius 2 is 1.56 bits per heavy atom. The molecule has 6 heteroatoms. The highest BCUT2D eigenvalue weighted by Crippen LogP contribution is 2.43. The van der Waals surface area contributed by atoms with E-state index in [-0.39, 0.29) is 10.2 Å². The van der Waals surface area contributed by atoms with E-state index in [0.717, 1.165) is 16.3 Å². The monoisotopic (exact) mass is 244 g/mol. The lowest BCUT2D eigenvalue weighted by Gasteiger charge is -2.38. The number of amides is 4. The zero-order chi connectivity index (χ0) is 12.7. The van der Waals surface area contributed by atoms with Crippen LogP contribution >= 0.6 is 11.9 Å². The highest BCUT2D eigenvalue weighted by atomic mass is 32.2. The molecule has 5 nitrogen and oxygen atoms in total. The van der Waals surface area contributed by atoms with E-state index in [2.05, 4.69) is 0 Å². The zero-order valence-electron chi connectivity index (χ0n) is 10.1. The Balaban J connectivity index is 2.87. The van der Waals surface area contributed by atoms with Crippen molar-refractivity contribution in [3.05, 3.63) is 0 Å². The van der Waals surface area contributed by atoms with Crippen molar-refractivity contribution in [2.45, 2.75) is 39.4 Å². The standard InChI is InChI=1S/C10H16N2O3S/c1-9(2,3)10(4,5)16-12-7(14)6(13)11-8(12)15/h1-5H3,(H,11,13,15). The molecule has 1 N–H and O–H groups in total. The number of rotatable bonds is 2.